The summed E-state index contributed by atoms with van der Waals surface area (Å²) in [6.07, 6.45) is 5.19. The SMILES string of the molecule is Cn1cncc1CN1CCC(N2CCNCC2)C1. The van der Waals surface area contributed by atoms with Gasteiger partial charge in [0.1, 0.15) is 0 Å². The number of hydrogen-bond donors (Lipinski definition) is 1. The van der Waals surface area contributed by atoms with Gasteiger partial charge >= 0.3 is 0 Å². The Morgan fingerprint density at radius 1 is 1.33 bits per heavy atom. The smallest absolute Gasteiger partial charge is 0.0945 e. The van der Waals surface area contributed by atoms with Crippen molar-refractivity contribution in [2.24, 2.45) is 7.05 Å². The van der Waals surface area contributed by atoms with Crippen LogP contribution in [0.3, 0.4) is 0 Å². The summed E-state index contributed by atoms with van der Waals surface area (Å²) in [7, 11) is 2.08. The lowest BCUT2D eigenvalue weighted by Crippen LogP contribution is -2.49. The minimum atomic E-state index is 0.764. The fourth-order valence-electron chi connectivity index (χ4n) is 3.07. The predicted octanol–water partition coefficient (Wildman–Crippen LogP) is -0.100. The fourth-order valence-corrected chi connectivity index (χ4v) is 3.07. The van der Waals surface area contributed by atoms with Gasteiger partial charge in [0.2, 0.25) is 0 Å². The first-order valence-electron chi connectivity index (χ1n) is 6.95. The standard InChI is InChI=1S/C13H23N5/c1-16-11-15-8-13(16)10-17-5-2-12(9-17)18-6-3-14-4-7-18/h8,11-12,14H,2-7,9-10H2,1H3. The topological polar surface area (TPSA) is 36.3 Å². The van der Waals surface area contributed by atoms with Gasteiger partial charge in [0, 0.05) is 65.1 Å². The van der Waals surface area contributed by atoms with Gasteiger partial charge in [0.25, 0.3) is 0 Å². The van der Waals surface area contributed by atoms with Gasteiger partial charge in [0.05, 0.1) is 12.0 Å². The highest BCUT2D eigenvalue weighted by Crippen LogP contribution is 2.18. The lowest BCUT2D eigenvalue weighted by atomic mass is 10.2. The Hall–Kier alpha value is -0.910. The Bertz CT molecular complexity index is 382. The maximum atomic E-state index is 4.19. The summed E-state index contributed by atoms with van der Waals surface area (Å²) in [5.41, 5.74) is 1.32. The van der Waals surface area contributed by atoms with Crippen molar-refractivity contribution in [1.29, 1.82) is 0 Å². The predicted molar refractivity (Wildman–Crippen MR) is 71.3 cm³/mol. The van der Waals surface area contributed by atoms with Gasteiger partial charge in [-0.3, -0.25) is 9.80 Å². The minimum Gasteiger partial charge on any atom is -0.337 e. The van der Waals surface area contributed by atoms with Crippen LogP contribution < -0.4 is 5.32 Å². The Kier molecular flexibility index (Phi) is 3.63. The number of likely N-dealkylation sites (tertiary alicyclic amines) is 1. The lowest BCUT2D eigenvalue weighted by Gasteiger charge is -2.32. The van der Waals surface area contributed by atoms with E-state index in [0.717, 1.165) is 25.7 Å². The van der Waals surface area contributed by atoms with Crippen LogP contribution >= 0.6 is 0 Å². The molecule has 3 heterocycles. The molecule has 1 aromatic heterocycles. The van der Waals surface area contributed by atoms with E-state index in [1.54, 1.807) is 0 Å². The fraction of sp³-hybridized carbons (Fsp3) is 0.769. The van der Waals surface area contributed by atoms with Crippen LogP contribution in [0.1, 0.15) is 12.1 Å². The zero-order valence-corrected chi connectivity index (χ0v) is 11.2. The molecule has 1 unspecified atom stereocenters. The second-order valence-electron chi connectivity index (χ2n) is 5.46. The highest BCUT2D eigenvalue weighted by atomic mass is 15.3. The average Bonchev–Trinajstić information content (AvgIpc) is 3.02. The zero-order chi connectivity index (χ0) is 12.4. The number of rotatable bonds is 3. The van der Waals surface area contributed by atoms with Crippen LogP contribution in [-0.4, -0.2) is 64.7 Å². The van der Waals surface area contributed by atoms with E-state index in [0.29, 0.717) is 0 Å². The van der Waals surface area contributed by atoms with E-state index < -0.39 is 0 Å². The van der Waals surface area contributed by atoms with Crippen LogP contribution in [-0.2, 0) is 13.6 Å². The van der Waals surface area contributed by atoms with Gasteiger partial charge in [-0.25, -0.2) is 4.98 Å². The Labute approximate surface area is 109 Å². The third kappa shape index (κ3) is 2.58. The monoisotopic (exact) mass is 249 g/mol. The van der Waals surface area contributed by atoms with E-state index >= 15 is 0 Å². The largest absolute Gasteiger partial charge is 0.337 e. The third-order valence-electron chi connectivity index (χ3n) is 4.22. The molecule has 100 valence electrons. The summed E-state index contributed by atoms with van der Waals surface area (Å²) < 4.78 is 2.12. The quantitative estimate of drug-likeness (QED) is 0.811. The number of imidazole rings is 1. The van der Waals surface area contributed by atoms with E-state index in [1.165, 1.54) is 38.3 Å². The summed E-state index contributed by atoms with van der Waals surface area (Å²) in [6, 6.07) is 0.764. The van der Waals surface area contributed by atoms with Crippen LogP contribution in [0, 0.1) is 0 Å². The molecule has 0 amide bonds. The van der Waals surface area contributed by atoms with E-state index in [9.17, 15) is 0 Å². The number of aromatic nitrogens is 2. The number of hydrogen-bond acceptors (Lipinski definition) is 4. The van der Waals surface area contributed by atoms with Gasteiger partial charge in [-0.05, 0) is 6.42 Å². The summed E-state index contributed by atoms with van der Waals surface area (Å²) in [5, 5.41) is 3.43. The van der Waals surface area contributed by atoms with Crippen molar-refractivity contribution in [3.05, 3.63) is 18.2 Å². The molecule has 1 N–H and O–H groups in total. The molecule has 0 aliphatic carbocycles. The maximum absolute atomic E-state index is 4.19. The van der Waals surface area contributed by atoms with E-state index in [-0.39, 0.29) is 0 Å². The van der Waals surface area contributed by atoms with E-state index in [4.69, 9.17) is 0 Å². The average molecular weight is 249 g/mol. The molecule has 0 saturated carbocycles. The van der Waals surface area contributed by atoms with Crippen molar-refractivity contribution in [1.82, 2.24) is 24.7 Å². The van der Waals surface area contributed by atoms with Gasteiger partial charge in [0.15, 0.2) is 0 Å². The number of nitrogens with zero attached hydrogens (tertiary/aromatic N) is 4. The van der Waals surface area contributed by atoms with Crippen molar-refractivity contribution >= 4 is 0 Å². The van der Waals surface area contributed by atoms with Crippen molar-refractivity contribution < 1.29 is 0 Å². The second-order valence-corrected chi connectivity index (χ2v) is 5.46. The van der Waals surface area contributed by atoms with Crippen LogP contribution in [0.25, 0.3) is 0 Å². The summed E-state index contributed by atoms with van der Waals surface area (Å²) in [5.74, 6) is 0. The molecule has 18 heavy (non-hydrogen) atoms. The minimum absolute atomic E-state index is 0.764. The number of aryl methyl sites for hydroxylation is 1. The summed E-state index contributed by atoms with van der Waals surface area (Å²) in [4.78, 5) is 9.40. The van der Waals surface area contributed by atoms with Gasteiger partial charge < -0.3 is 9.88 Å². The van der Waals surface area contributed by atoms with Crippen molar-refractivity contribution in [3.63, 3.8) is 0 Å². The number of piperazine rings is 1. The normalized spacial score (nSPS) is 26.8. The second kappa shape index (κ2) is 5.38. The van der Waals surface area contributed by atoms with Crippen molar-refractivity contribution in [3.8, 4) is 0 Å². The van der Waals surface area contributed by atoms with Crippen molar-refractivity contribution in [2.75, 3.05) is 39.3 Å². The van der Waals surface area contributed by atoms with Crippen LogP contribution in [0.5, 0.6) is 0 Å². The molecule has 3 rings (SSSR count). The molecule has 0 radical (unpaired) electrons. The molecule has 0 bridgehead atoms. The first-order valence-corrected chi connectivity index (χ1v) is 6.95. The molecule has 2 aliphatic rings. The lowest BCUT2D eigenvalue weighted by molar-refractivity contribution is 0.170. The molecule has 1 atom stereocenters. The Morgan fingerprint density at radius 2 is 2.17 bits per heavy atom. The molecular weight excluding hydrogens is 226 g/mol. The first-order chi connectivity index (χ1) is 8.83. The molecular formula is C13H23N5. The third-order valence-corrected chi connectivity index (χ3v) is 4.22. The maximum Gasteiger partial charge on any atom is 0.0945 e. The molecule has 2 fully saturated rings. The molecule has 5 nitrogen and oxygen atoms in total. The summed E-state index contributed by atoms with van der Waals surface area (Å²) in [6.45, 7) is 8.20. The van der Waals surface area contributed by atoms with Crippen LogP contribution in [0.4, 0.5) is 0 Å². The van der Waals surface area contributed by atoms with Gasteiger partial charge in [-0.2, -0.15) is 0 Å². The molecule has 2 saturated heterocycles. The van der Waals surface area contributed by atoms with Gasteiger partial charge in [-0.1, -0.05) is 0 Å². The summed E-state index contributed by atoms with van der Waals surface area (Å²) >= 11 is 0. The Balaban J connectivity index is 1.53. The van der Waals surface area contributed by atoms with E-state index in [1.807, 2.05) is 12.5 Å². The Morgan fingerprint density at radius 3 is 2.89 bits per heavy atom. The first kappa shape index (κ1) is 12.1. The molecule has 2 aliphatic heterocycles. The van der Waals surface area contributed by atoms with Crippen molar-refractivity contribution in [2.45, 2.75) is 19.0 Å². The zero-order valence-electron chi connectivity index (χ0n) is 11.2. The van der Waals surface area contributed by atoms with E-state index in [2.05, 4.69) is 31.7 Å². The number of nitrogens with one attached hydrogen (secondary N) is 1. The molecule has 5 heteroatoms. The molecule has 0 aromatic carbocycles. The highest BCUT2D eigenvalue weighted by Gasteiger charge is 2.28. The van der Waals surface area contributed by atoms with Gasteiger partial charge in [-0.15, -0.1) is 0 Å². The van der Waals surface area contributed by atoms with Crippen LogP contribution in [0.2, 0.25) is 0 Å². The highest BCUT2D eigenvalue weighted by molar-refractivity contribution is 4.99. The molecule has 0 spiro atoms. The molecule has 1 aromatic rings. The van der Waals surface area contributed by atoms with Crippen LogP contribution in [0.15, 0.2) is 12.5 Å².